The Morgan fingerprint density at radius 3 is 1.94 bits per heavy atom. The van der Waals surface area contributed by atoms with Gasteiger partial charge in [0.05, 0.1) is 0 Å². The molecule has 1 aromatic rings. The van der Waals surface area contributed by atoms with Gasteiger partial charge in [-0.15, -0.1) is 0 Å². The van der Waals surface area contributed by atoms with Crippen LogP contribution in [0.1, 0.15) is 24.2 Å². The van der Waals surface area contributed by atoms with Crippen molar-refractivity contribution in [2.75, 3.05) is 41.7 Å². The highest BCUT2D eigenvalue weighted by Gasteiger charge is 2.46. The number of methoxy groups -OCH3 is 3. The van der Waals surface area contributed by atoms with Crippen LogP contribution in [0.15, 0.2) is 12.1 Å². The quantitative estimate of drug-likeness (QED) is 0.301. The van der Waals surface area contributed by atoms with Crippen molar-refractivity contribution in [2.45, 2.75) is 25.9 Å². The van der Waals surface area contributed by atoms with Crippen molar-refractivity contribution >= 4 is 11.9 Å². The molecule has 0 aliphatic heterocycles. The Balaban J connectivity index is 3.43. The van der Waals surface area contributed by atoms with Gasteiger partial charge in [0.15, 0.2) is 38.0 Å². The van der Waals surface area contributed by atoms with Gasteiger partial charge in [0.1, 0.15) is 11.5 Å². The lowest BCUT2D eigenvalue weighted by Crippen LogP contribution is -2.53. The van der Waals surface area contributed by atoms with E-state index in [0.717, 1.165) is 0 Å². The largest absolute Gasteiger partial charge is 0.544 e. The van der Waals surface area contributed by atoms with Gasteiger partial charge in [-0.25, -0.2) is 4.79 Å². The zero-order valence-corrected chi connectivity index (χ0v) is 17.8. The molecule has 0 amide bonds. The maximum atomic E-state index is 14.0. The minimum Gasteiger partial charge on any atom is -0.544 e. The van der Waals surface area contributed by atoms with E-state index < -0.39 is 29.9 Å². The third-order valence-corrected chi connectivity index (χ3v) is 3.74. The number of ether oxygens (including phenoxy) is 7. The first-order chi connectivity index (χ1) is 14.6. The monoisotopic (exact) mass is 451 g/mol. The Hall–Kier alpha value is -2.70. The molecule has 0 saturated carbocycles. The van der Waals surface area contributed by atoms with Crippen LogP contribution in [0.25, 0.3) is 0 Å². The second-order valence-corrected chi connectivity index (χ2v) is 6.40. The topological polar surface area (TPSA) is 122 Å². The van der Waals surface area contributed by atoms with Crippen LogP contribution in [0, 0.1) is 5.92 Å². The second kappa shape index (κ2) is 12.2. The highest BCUT2D eigenvalue weighted by Crippen LogP contribution is 2.41. The summed E-state index contributed by atoms with van der Waals surface area (Å²) < 4.78 is 63.6. The van der Waals surface area contributed by atoms with Gasteiger partial charge in [-0.05, 0) is 18.1 Å². The molecule has 1 unspecified atom stereocenters. The Morgan fingerprint density at radius 2 is 1.45 bits per heavy atom. The summed E-state index contributed by atoms with van der Waals surface area (Å²) >= 11 is 0. The minimum atomic E-state index is -4.42. The van der Waals surface area contributed by atoms with Crippen LogP contribution < -0.4 is 19.3 Å². The number of carboxylic acids is 1. The molecule has 0 spiro atoms. The van der Waals surface area contributed by atoms with Crippen molar-refractivity contribution in [3.63, 3.8) is 0 Å². The van der Waals surface area contributed by atoms with Gasteiger partial charge in [0.25, 0.3) is 0 Å². The van der Waals surface area contributed by atoms with Crippen molar-refractivity contribution in [2.24, 2.45) is 5.92 Å². The number of alkyl halides is 2. The van der Waals surface area contributed by atoms with Gasteiger partial charge in [-0.1, -0.05) is 13.8 Å². The average Bonchev–Trinajstić information content (AvgIpc) is 2.72. The molecule has 0 fully saturated rings. The first kappa shape index (κ1) is 26.3. The van der Waals surface area contributed by atoms with Crippen LogP contribution in [-0.4, -0.2) is 65.7 Å². The van der Waals surface area contributed by atoms with Crippen LogP contribution >= 0.6 is 0 Å². The zero-order valence-electron chi connectivity index (χ0n) is 17.8. The van der Waals surface area contributed by atoms with Crippen molar-refractivity contribution in [3.8, 4) is 17.2 Å². The number of hydrogen-bond acceptors (Lipinski definition) is 10. The number of hydrogen-bond donors (Lipinski definition) is 0. The predicted molar refractivity (Wildman–Crippen MR) is 97.9 cm³/mol. The van der Waals surface area contributed by atoms with Crippen molar-refractivity contribution in [1.82, 2.24) is 0 Å². The summed E-state index contributed by atoms with van der Waals surface area (Å²) in [6.45, 7) is 1.74. The van der Waals surface area contributed by atoms with Crippen LogP contribution in [0.4, 0.5) is 8.78 Å². The molecule has 12 heteroatoms. The van der Waals surface area contributed by atoms with E-state index in [0.29, 0.717) is 0 Å². The molecule has 31 heavy (non-hydrogen) atoms. The van der Waals surface area contributed by atoms with Crippen molar-refractivity contribution in [1.29, 1.82) is 0 Å². The van der Waals surface area contributed by atoms with Gasteiger partial charge in [0.2, 0.25) is 5.75 Å². The third kappa shape index (κ3) is 6.91. The summed E-state index contributed by atoms with van der Waals surface area (Å²) in [6.07, 6.45) is -2.30. The Bertz CT molecular complexity index is 739. The molecule has 0 aliphatic rings. The third-order valence-electron chi connectivity index (χ3n) is 3.74. The van der Waals surface area contributed by atoms with Gasteiger partial charge in [-0.2, -0.15) is 8.78 Å². The van der Waals surface area contributed by atoms with E-state index in [2.05, 4.69) is 0 Å². The molecular weight excluding hydrogens is 426 g/mol. The van der Waals surface area contributed by atoms with E-state index in [1.54, 1.807) is 0 Å². The number of benzene rings is 1. The molecule has 0 aliphatic carbocycles. The Kier molecular flexibility index (Phi) is 10.4. The van der Waals surface area contributed by atoms with E-state index in [4.69, 9.17) is 33.2 Å². The van der Waals surface area contributed by atoms with Crippen LogP contribution in [0.5, 0.6) is 17.2 Å². The van der Waals surface area contributed by atoms with Crippen LogP contribution in [0.3, 0.4) is 0 Å². The van der Waals surface area contributed by atoms with Crippen molar-refractivity contribution < 1.29 is 56.6 Å². The van der Waals surface area contributed by atoms with E-state index in [1.165, 1.54) is 47.3 Å². The molecule has 1 aromatic carbocycles. The lowest BCUT2D eigenvalue weighted by atomic mass is 10.0. The molecule has 10 nitrogen and oxygen atoms in total. The Labute approximate surface area is 177 Å². The first-order valence-corrected chi connectivity index (χ1v) is 8.94. The van der Waals surface area contributed by atoms with Crippen LogP contribution in [-0.2, 0) is 23.7 Å². The lowest BCUT2D eigenvalue weighted by Gasteiger charge is -2.30. The van der Waals surface area contributed by atoms with E-state index in [9.17, 15) is 23.5 Å². The van der Waals surface area contributed by atoms with Gasteiger partial charge >= 0.3 is 11.9 Å². The van der Waals surface area contributed by atoms with Crippen LogP contribution in [0.2, 0.25) is 0 Å². The molecule has 0 saturated heterocycles. The van der Waals surface area contributed by atoms with Crippen molar-refractivity contribution in [3.05, 3.63) is 17.7 Å². The summed E-state index contributed by atoms with van der Waals surface area (Å²) in [5, 5.41) is 10.9. The summed E-state index contributed by atoms with van der Waals surface area (Å²) in [5.74, 6) is -9.70. The van der Waals surface area contributed by atoms with Gasteiger partial charge in [0, 0.05) is 21.3 Å². The molecule has 0 radical (unpaired) electrons. The summed E-state index contributed by atoms with van der Waals surface area (Å²) in [6, 6.07) is 2.47. The lowest BCUT2D eigenvalue weighted by molar-refractivity contribution is -0.337. The first-order valence-electron chi connectivity index (χ1n) is 8.94. The fourth-order valence-corrected chi connectivity index (χ4v) is 2.38. The number of rotatable bonds is 14. The minimum absolute atomic E-state index is 0.0852. The SMILES string of the molecule is COCOc1ccc(C(=O)OC(C(C)C)C(F)(F)C(=O)[O-])c(OCOC)c1OCOC. The van der Waals surface area contributed by atoms with E-state index in [-0.39, 0.29) is 43.2 Å². The molecule has 0 heterocycles. The molecule has 1 atom stereocenters. The number of aliphatic carboxylic acids is 1. The second-order valence-electron chi connectivity index (χ2n) is 6.40. The fraction of sp³-hybridized carbons (Fsp3) is 0.579. The molecular formula is C19H25F2O10-. The summed E-state index contributed by atoms with van der Waals surface area (Å²) in [7, 11) is 4.04. The number of esters is 1. The zero-order chi connectivity index (χ0) is 23.6. The summed E-state index contributed by atoms with van der Waals surface area (Å²) in [4.78, 5) is 23.6. The smallest absolute Gasteiger partial charge is 0.342 e. The number of carboxylic acid groups (broad SMARTS) is 1. The fourth-order valence-electron chi connectivity index (χ4n) is 2.38. The predicted octanol–water partition coefficient (Wildman–Crippen LogP) is 1.20. The van der Waals surface area contributed by atoms with Gasteiger partial charge < -0.3 is 43.1 Å². The average molecular weight is 451 g/mol. The van der Waals surface area contributed by atoms with E-state index in [1.807, 2.05) is 0 Å². The summed E-state index contributed by atoms with van der Waals surface area (Å²) in [5.41, 5.74) is -0.340. The maximum Gasteiger partial charge on any atom is 0.342 e. The standard InChI is InChI=1S/C19H26F2O10/c1-11(2)16(19(20,21)18(23)24)31-17(22)12-6-7-13(28-8-25-3)15(30-10-27-5)14(12)29-9-26-4/h6-7,11,16H,8-10H2,1-5H3,(H,23,24)/p-1. The molecule has 0 N–H and O–H groups in total. The highest BCUT2D eigenvalue weighted by molar-refractivity contribution is 5.94. The molecule has 0 bridgehead atoms. The molecule has 176 valence electrons. The number of carbonyl (C=O) groups excluding carboxylic acids is 2. The molecule has 0 aromatic heterocycles. The number of halogens is 2. The Morgan fingerprint density at radius 1 is 0.935 bits per heavy atom. The number of carbonyl (C=O) groups is 2. The maximum absolute atomic E-state index is 14.0. The highest BCUT2D eigenvalue weighted by atomic mass is 19.3. The molecule has 1 rings (SSSR count). The van der Waals surface area contributed by atoms with Gasteiger partial charge in [-0.3, -0.25) is 0 Å². The van der Waals surface area contributed by atoms with E-state index >= 15 is 0 Å². The normalized spacial score (nSPS) is 12.4.